The molecule has 0 saturated carbocycles. The van der Waals surface area contributed by atoms with Crippen molar-refractivity contribution in [1.82, 2.24) is 4.90 Å². The van der Waals surface area contributed by atoms with Crippen LogP contribution in [0.15, 0.2) is 24.4 Å². The number of carbonyl (C=O) groups is 1. The van der Waals surface area contributed by atoms with Gasteiger partial charge in [-0.25, -0.2) is 0 Å². The molecule has 0 bridgehead atoms. The molecule has 0 aliphatic carbocycles. The second kappa shape index (κ2) is 9.93. The molecule has 18 heavy (non-hydrogen) atoms. The van der Waals surface area contributed by atoms with E-state index in [0.717, 1.165) is 13.0 Å². The van der Waals surface area contributed by atoms with Crippen LogP contribution in [0.5, 0.6) is 0 Å². The van der Waals surface area contributed by atoms with Crippen molar-refractivity contribution in [3.8, 4) is 0 Å². The Bertz CT molecular complexity index is 281. The molecule has 2 nitrogen and oxygen atoms in total. The summed E-state index contributed by atoms with van der Waals surface area (Å²) < 4.78 is 0. The van der Waals surface area contributed by atoms with E-state index >= 15 is 0 Å². The average Bonchev–Trinajstić information content (AvgIpc) is 2.58. The molecule has 0 aromatic rings. The van der Waals surface area contributed by atoms with E-state index in [0.29, 0.717) is 6.42 Å². The van der Waals surface area contributed by atoms with Gasteiger partial charge in [0.2, 0.25) is 5.91 Å². The molecule has 1 aliphatic heterocycles. The van der Waals surface area contributed by atoms with Crippen LogP contribution in [0, 0.1) is 0 Å². The van der Waals surface area contributed by atoms with Crippen molar-refractivity contribution in [3.05, 3.63) is 24.4 Å². The van der Waals surface area contributed by atoms with Gasteiger partial charge in [0.25, 0.3) is 0 Å². The number of rotatable bonds is 9. The zero-order valence-electron chi connectivity index (χ0n) is 11.7. The van der Waals surface area contributed by atoms with E-state index in [1.807, 2.05) is 29.3 Å². The number of hydrogen-bond acceptors (Lipinski definition) is 1. The molecule has 0 unspecified atom stereocenters. The van der Waals surface area contributed by atoms with Gasteiger partial charge in [-0.3, -0.25) is 4.79 Å². The summed E-state index contributed by atoms with van der Waals surface area (Å²) in [7, 11) is 0. The zero-order chi connectivity index (χ0) is 13.1. The first-order valence-electron chi connectivity index (χ1n) is 7.47. The summed E-state index contributed by atoms with van der Waals surface area (Å²) in [5.41, 5.74) is 0. The van der Waals surface area contributed by atoms with Crippen LogP contribution in [-0.2, 0) is 4.79 Å². The summed E-state index contributed by atoms with van der Waals surface area (Å²) in [6.07, 6.45) is 18.8. The molecule has 1 rings (SSSR count). The maximum Gasteiger partial charge on any atom is 0.230 e. The second-order valence-corrected chi connectivity index (χ2v) is 5.04. The number of hydrogen-bond donors (Lipinski definition) is 0. The molecule has 1 amide bonds. The molecule has 0 aromatic heterocycles. The van der Waals surface area contributed by atoms with E-state index in [9.17, 15) is 4.79 Å². The molecular formula is C16H27NO. The molecule has 0 radical (unpaired) electrons. The van der Waals surface area contributed by atoms with Crippen LogP contribution >= 0.6 is 0 Å². The predicted octanol–water partition coefficient (Wildman–Crippen LogP) is 4.43. The van der Waals surface area contributed by atoms with E-state index in [2.05, 4.69) is 6.92 Å². The quantitative estimate of drug-likeness (QED) is 0.554. The van der Waals surface area contributed by atoms with Gasteiger partial charge in [-0.2, -0.15) is 0 Å². The Morgan fingerprint density at radius 1 is 1.00 bits per heavy atom. The lowest BCUT2D eigenvalue weighted by atomic mass is 10.1. The molecule has 0 fully saturated rings. The Hall–Kier alpha value is -1.05. The van der Waals surface area contributed by atoms with Crippen LogP contribution in [0.3, 0.4) is 0 Å². The fourth-order valence-corrected chi connectivity index (χ4v) is 2.22. The van der Waals surface area contributed by atoms with Crippen molar-refractivity contribution in [3.63, 3.8) is 0 Å². The second-order valence-electron chi connectivity index (χ2n) is 5.04. The summed E-state index contributed by atoms with van der Waals surface area (Å²) >= 11 is 0. The number of unbranched alkanes of at least 4 members (excludes halogenated alkanes) is 7. The first kappa shape index (κ1) is 15.0. The highest BCUT2D eigenvalue weighted by Gasteiger charge is 2.09. The number of carbonyl (C=O) groups excluding carboxylic acids is 1. The van der Waals surface area contributed by atoms with Crippen LogP contribution in [0.1, 0.15) is 64.7 Å². The standard InChI is InChI=1S/C16H27NO/c1-2-3-4-5-6-7-8-11-14-17-15-12-9-10-13-16(17)18/h9-10,12,15H,2-8,11,13-14H2,1H3. The zero-order valence-corrected chi connectivity index (χ0v) is 11.7. The van der Waals surface area contributed by atoms with Gasteiger partial charge in [0.15, 0.2) is 0 Å². The van der Waals surface area contributed by atoms with Gasteiger partial charge in [0, 0.05) is 19.2 Å². The lowest BCUT2D eigenvalue weighted by Crippen LogP contribution is -2.25. The normalized spacial score (nSPS) is 15.2. The third kappa shape index (κ3) is 6.63. The van der Waals surface area contributed by atoms with Crippen LogP contribution < -0.4 is 0 Å². The molecule has 0 N–H and O–H groups in total. The van der Waals surface area contributed by atoms with Crippen LogP contribution in [-0.4, -0.2) is 17.4 Å². The Balaban J connectivity index is 1.99. The Morgan fingerprint density at radius 3 is 2.39 bits per heavy atom. The average molecular weight is 249 g/mol. The fourth-order valence-electron chi connectivity index (χ4n) is 2.22. The molecule has 0 saturated heterocycles. The monoisotopic (exact) mass is 249 g/mol. The van der Waals surface area contributed by atoms with E-state index < -0.39 is 0 Å². The molecule has 0 atom stereocenters. The predicted molar refractivity (Wildman–Crippen MR) is 77.2 cm³/mol. The third-order valence-electron chi connectivity index (χ3n) is 3.38. The largest absolute Gasteiger partial charge is 0.319 e. The molecule has 102 valence electrons. The molecule has 0 aromatic carbocycles. The smallest absolute Gasteiger partial charge is 0.230 e. The van der Waals surface area contributed by atoms with Crippen molar-refractivity contribution >= 4 is 5.91 Å². The first-order chi connectivity index (χ1) is 8.84. The van der Waals surface area contributed by atoms with Crippen molar-refractivity contribution < 1.29 is 4.79 Å². The van der Waals surface area contributed by atoms with Crippen molar-refractivity contribution in [1.29, 1.82) is 0 Å². The third-order valence-corrected chi connectivity index (χ3v) is 3.38. The number of amides is 1. The van der Waals surface area contributed by atoms with E-state index in [4.69, 9.17) is 0 Å². The lowest BCUT2D eigenvalue weighted by Gasteiger charge is -2.16. The highest BCUT2D eigenvalue weighted by atomic mass is 16.2. The van der Waals surface area contributed by atoms with E-state index in [1.165, 1.54) is 44.9 Å². The van der Waals surface area contributed by atoms with Gasteiger partial charge in [-0.05, 0) is 12.5 Å². The first-order valence-corrected chi connectivity index (χ1v) is 7.47. The lowest BCUT2D eigenvalue weighted by molar-refractivity contribution is -0.127. The summed E-state index contributed by atoms with van der Waals surface area (Å²) in [5.74, 6) is 0.225. The SMILES string of the molecule is CCCCCCCCCCN1C=CC=CCC1=O. The topological polar surface area (TPSA) is 20.3 Å². The minimum absolute atomic E-state index is 0.225. The van der Waals surface area contributed by atoms with Gasteiger partial charge in [0.1, 0.15) is 0 Å². The number of nitrogens with zero attached hydrogens (tertiary/aromatic N) is 1. The Kier molecular flexibility index (Phi) is 8.28. The van der Waals surface area contributed by atoms with Gasteiger partial charge in [0.05, 0.1) is 0 Å². The van der Waals surface area contributed by atoms with Crippen molar-refractivity contribution in [2.45, 2.75) is 64.7 Å². The molecule has 2 heteroatoms. The van der Waals surface area contributed by atoms with Crippen LogP contribution in [0.2, 0.25) is 0 Å². The van der Waals surface area contributed by atoms with Gasteiger partial charge in [-0.1, -0.05) is 64.0 Å². The summed E-state index contributed by atoms with van der Waals surface area (Å²) in [6.45, 7) is 3.13. The van der Waals surface area contributed by atoms with Crippen LogP contribution in [0.25, 0.3) is 0 Å². The highest BCUT2D eigenvalue weighted by Crippen LogP contribution is 2.10. The van der Waals surface area contributed by atoms with Gasteiger partial charge < -0.3 is 4.90 Å². The summed E-state index contributed by atoms with van der Waals surface area (Å²) in [6, 6.07) is 0. The highest BCUT2D eigenvalue weighted by molar-refractivity contribution is 5.79. The molecule has 0 spiro atoms. The van der Waals surface area contributed by atoms with Crippen molar-refractivity contribution in [2.75, 3.05) is 6.54 Å². The Morgan fingerprint density at radius 2 is 1.67 bits per heavy atom. The number of allylic oxidation sites excluding steroid dienone is 2. The molecular weight excluding hydrogens is 222 g/mol. The summed E-state index contributed by atoms with van der Waals surface area (Å²) in [5, 5.41) is 0. The maximum atomic E-state index is 11.7. The van der Waals surface area contributed by atoms with Crippen LogP contribution in [0.4, 0.5) is 0 Å². The minimum Gasteiger partial charge on any atom is -0.319 e. The molecule has 1 aliphatic rings. The fraction of sp³-hybridized carbons (Fsp3) is 0.688. The van der Waals surface area contributed by atoms with Crippen molar-refractivity contribution in [2.24, 2.45) is 0 Å². The molecule has 1 heterocycles. The minimum atomic E-state index is 0.225. The maximum absolute atomic E-state index is 11.7. The van der Waals surface area contributed by atoms with Gasteiger partial charge >= 0.3 is 0 Å². The summed E-state index contributed by atoms with van der Waals surface area (Å²) in [4.78, 5) is 13.5. The van der Waals surface area contributed by atoms with E-state index in [1.54, 1.807) is 0 Å². The van der Waals surface area contributed by atoms with Gasteiger partial charge in [-0.15, -0.1) is 0 Å². The Labute approximate surface area is 112 Å². The van der Waals surface area contributed by atoms with E-state index in [-0.39, 0.29) is 5.91 Å².